The zero-order valence-electron chi connectivity index (χ0n) is 25.9. The van der Waals surface area contributed by atoms with Crippen LogP contribution in [0.1, 0.15) is 30.7 Å². The molecule has 0 radical (unpaired) electrons. The minimum atomic E-state index is -1.84. The highest BCUT2D eigenvalue weighted by Gasteiger charge is 2.29. The number of carbonyl (C=O) groups is 2. The monoisotopic (exact) mass is 714 g/mol. The van der Waals surface area contributed by atoms with E-state index in [2.05, 4.69) is 20.6 Å². The standard InChI is InChI=1S/C36H22F4N4O4S2/c1-17-41-25-15-21(7-13-27(25)49-17)43-35(45)19-3-9-23(10-4-19)47-33-29(37)31(39)34(32(40)30(33)38)48-24-11-5-20(6-12-24)36(46)44-22-8-14-28-26(16-22)42-18(2)50-28/h3-16H,1-2H3,(H,43,45)(H,44,46). The third-order valence-electron chi connectivity index (χ3n) is 7.36. The lowest BCUT2D eigenvalue weighted by molar-refractivity contribution is 0.101. The van der Waals surface area contributed by atoms with Crippen molar-refractivity contribution in [1.82, 2.24) is 9.97 Å². The Labute approximate surface area is 289 Å². The van der Waals surface area contributed by atoms with Crippen LogP contribution in [0, 0.1) is 37.1 Å². The number of hydrogen-bond acceptors (Lipinski definition) is 8. The van der Waals surface area contributed by atoms with Crippen LogP contribution in [0.25, 0.3) is 20.4 Å². The Balaban J connectivity index is 1.02. The molecule has 0 fully saturated rings. The summed E-state index contributed by atoms with van der Waals surface area (Å²) in [7, 11) is 0. The van der Waals surface area contributed by atoms with E-state index in [4.69, 9.17) is 9.47 Å². The van der Waals surface area contributed by atoms with Crippen LogP contribution in [0.5, 0.6) is 23.0 Å². The fraction of sp³-hybridized carbons (Fsp3) is 0.0556. The predicted molar refractivity (Wildman–Crippen MR) is 184 cm³/mol. The van der Waals surface area contributed by atoms with E-state index >= 15 is 17.6 Å². The normalized spacial score (nSPS) is 11.2. The summed E-state index contributed by atoms with van der Waals surface area (Å²) in [4.78, 5) is 34.3. The first kappa shape index (κ1) is 32.7. The number of fused-ring (bicyclic) bond motifs is 2. The highest BCUT2D eigenvalue weighted by molar-refractivity contribution is 7.18. The summed E-state index contributed by atoms with van der Waals surface area (Å²) < 4.78 is 72.3. The van der Waals surface area contributed by atoms with Gasteiger partial charge in [0.2, 0.25) is 34.8 Å². The van der Waals surface area contributed by atoms with E-state index in [1.165, 1.54) is 71.2 Å². The fourth-order valence-corrected chi connectivity index (χ4v) is 6.62. The third kappa shape index (κ3) is 6.58. The maximum absolute atomic E-state index is 15.0. The molecule has 14 heteroatoms. The van der Waals surface area contributed by atoms with E-state index in [0.29, 0.717) is 11.4 Å². The zero-order valence-corrected chi connectivity index (χ0v) is 27.6. The summed E-state index contributed by atoms with van der Waals surface area (Å²) in [6, 6.07) is 20.8. The number of hydrogen-bond donors (Lipinski definition) is 2. The van der Waals surface area contributed by atoms with Crippen LogP contribution in [0.15, 0.2) is 84.9 Å². The Morgan fingerprint density at radius 1 is 0.560 bits per heavy atom. The summed E-state index contributed by atoms with van der Waals surface area (Å²) in [5.41, 5.74) is 2.88. The minimum Gasteiger partial charge on any atom is -0.451 e. The van der Waals surface area contributed by atoms with Crippen molar-refractivity contribution in [2.75, 3.05) is 10.6 Å². The quantitative estimate of drug-likeness (QED) is 0.120. The van der Waals surface area contributed by atoms with Gasteiger partial charge in [-0.15, -0.1) is 22.7 Å². The van der Waals surface area contributed by atoms with Gasteiger partial charge in [-0.1, -0.05) is 0 Å². The van der Waals surface area contributed by atoms with E-state index in [9.17, 15) is 9.59 Å². The molecule has 8 nitrogen and oxygen atoms in total. The van der Waals surface area contributed by atoms with Crippen LogP contribution in [0.3, 0.4) is 0 Å². The highest BCUT2D eigenvalue weighted by Crippen LogP contribution is 2.39. The number of amides is 2. The van der Waals surface area contributed by atoms with Gasteiger partial charge < -0.3 is 20.1 Å². The minimum absolute atomic E-state index is 0.185. The highest BCUT2D eigenvalue weighted by atomic mass is 32.1. The molecular formula is C36H22F4N4O4S2. The molecule has 0 saturated carbocycles. The average Bonchev–Trinajstić information content (AvgIpc) is 3.67. The Bertz CT molecular complexity index is 2250. The van der Waals surface area contributed by atoms with Gasteiger partial charge in [0, 0.05) is 22.5 Å². The van der Waals surface area contributed by atoms with Gasteiger partial charge in [0.05, 0.1) is 30.4 Å². The number of nitrogens with one attached hydrogen (secondary N) is 2. The van der Waals surface area contributed by atoms with Gasteiger partial charge in [0.15, 0.2) is 0 Å². The maximum Gasteiger partial charge on any atom is 0.255 e. The topological polar surface area (TPSA) is 102 Å². The lowest BCUT2D eigenvalue weighted by Crippen LogP contribution is -2.11. The molecule has 0 spiro atoms. The molecule has 0 aliphatic rings. The molecule has 0 unspecified atom stereocenters. The molecule has 2 aromatic heterocycles. The number of anilines is 2. The molecule has 50 heavy (non-hydrogen) atoms. The van der Waals surface area contributed by atoms with Crippen molar-refractivity contribution < 1.29 is 36.6 Å². The van der Waals surface area contributed by atoms with Crippen LogP contribution in [0.4, 0.5) is 28.9 Å². The summed E-state index contributed by atoms with van der Waals surface area (Å²) in [5.74, 6) is -11.4. The lowest BCUT2D eigenvalue weighted by atomic mass is 10.2. The van der Waals surface area contributed by atoms with Gasteiger partial charge >= 0.3 is 0 Å². The van der Waals surface area contributed by atoms with E-state index < -0.39 is 46.6 Å². The van der Waals surface area contributed by atoms with Crippen molar-refractivity contribution in [3.05, 3.63) is 129 Å². The fourth-order valence-electron chi connectivity index (χ4n) is 5.00. The van der Waals surface area contributed by atoms with Gasteiger partial charge in [-0.25, -0.2) is 9.97 Å². The first-order valence-corrected chi connectivity index (χ1v) is 16.4. The molecule has 2 N–H and O–H groups in total. The first-order valence-electron chi connectivity index (χ1n) is 14.8. The van der Waals surface area contributed by atoms with E-state index in [0.717, 1.165) is 30.4 Å². The second kappa shape index (κ2) is 13.2. The van der Waals surface area contributed by atoms with Gasteiger partial charge in [-0.2, -0.15) is 17.6 Å². The molecule has 0 aliphatic heterocycles. The molecule has 0 atom stereocenters. The Morgan fingerprint density at radius 3 is 1.28 bits per heavy atom. The largest absolute Gasteiger partial charge is 0.451 e. The molecule has 0 saturated heterocycles. The smallest absolute Gasteiger partial charge is 0.255 e. The van der Waals surface area contributed by atoms with Crippen LogP contribution < -0.4 is 20.1 Å². The van der Waals surface area contributed by atoms with Crippen molar-refractivity contribution in [3.63, 3.8) is 0 Å². The predicted octanol–water partition coefficient (Wildman–Crippen LogP) is 10.2. The van der Waals surface area contributed by atoms with Crippen LogP contribution in [-0.4, -0.2) is 21.8 Å². The number of aryl methyl sites for hydroxylation is 2. The first-order chi connectivity index (χ1) is 24.0. The van der Waals surface area contributed by atoms with Crippen molar-refractivity contribution >= 4 is 66.3 Å². The van der Waals surface area contributed by atoms with Crippen LogP contribution in [0.2, 0.25) is 0 Å². The van der Waals surface area contributed by atoms with Crippen molar-refractivity contribution in [2.45, 2.75) is 13.8 Å². The Morgan fingerprint density at radius 2 is 0.920 bits per heavy atom. The zero-order chi connectivity index (χ0) is 35.1. The summed E-state index contributed by atoms with van der Waals surface area (Å²) in [6.45, 7) is 3.76. The molecule has 0 bridgehead atoms. The van der Waals surface area contributed by atoms with Gasteiger partial charge in [0.25, 0.3) is 11.8 Å². The number of halogens is 4. The van der Waals surface area contributed by atoms with Crippen LogP contribution >= 0.6 is 22.7 Å². The maximum atomic E-state index is 15.0. The number of rotatable bonds is 8. The van der Waals surface area contributed by atoms with Gasteiger partial charge in [-0.3, -0.25) is 9.59 Å². The summed E-state index contributed by atoms with van der Waals surface area (Å²) in [5, 5.41) is 7.26. The number of nitrogens with zero attached hydrogens (tertiary/aromatic N) is 2. The summed E-state index contributed by atoms with van der Waals surface area (Å²) in [6.07, 6.45) is 0. The Kier molecular flexibility index (Phi) is 8.64. The molecule has 7 aromatic rings. The molecule has 0 aliphatic carbocycles. The van der Waals surface area contributed by atoms with Gasteiger partial charge in [-0.05, 0) is 98.8 Å². The van der Waals surface area contributed by atoms with E-state index in [1.54, 1.807) is 24.3 Å². The summed E-state index contributed by atoms with van der Waals surface area (Å²) >= 11 is 3.05. The molecule has 7 rings (SSSR count). The second-order valence-electron chi connectivity index (χ2n) is 10.9. The van der Waals surface area contributed by atoms with Crippen molar-refractivity contribution in [1.29, 1.82) is 0 Å². The number of aromatic nitrogens is 2. The Hall–Kier alpha value is -5.86. The number of thiazole rings is 2. The molecule has 5 aromatic carbocycles. The second-order valence-corrected chi connectivity index (χ2v) is 13.4. The lowest BCUT2D eigenvalue weighted by Gasteiger charge is -2.14. The number of ether oxygens (including phenoxy) is 2. The van der Waals surface area contributed by atoms with E-state index in [1.807, 2.05) is 26.0 Å². The number of carbonyl (C=O) groups excluding carboxylic acids is 2. The molecule has 2 amide bonds. The molecule has 2 heterocycles. The molecule has 250 valence electrons. The molecular weight excluding hydrogens is 693 g/mol. The van der Waals surface area contributed by atoms with Crippen LogP contribution in [-0.2, 0) is 0 Å². The van der Waals surface area contributed by atoms with Crippen molar-refractivity contribution in [3.8, 4) is 23.0 Å². The van der Waals surface area contributed by atoms with Gasteiger partial charge in [0.1, 0.15) is 11.5 Å². The average molecular weight is 715 g/mol. The number of benzene rings is 5. The van der Waals surface area contributed by atoms with E-state index in [-0.39, 0.29) is 22.6 Å². The SMILES string of the molecule is Cc1nc2cc(NC(=O)c3ccc(Oc4c(F)c(F)c(Oc5ccc(C(=O)Nc6ccc7sc(C)nc7c6)cc5)c(F)c4F)cc3)ccc2s1. The third-order valence-corrected chi connectivity index (χ3v) is 9.26. The van der Waals surface area contributed by atoms with Crippen molar-refractivity contribution in [2.24, 2.45) is 0 Å².